The van der Waals surface area contributed by atoms with Gasteiger partial charge in [-0.2, -0.15) is 4.98 Å². The van der Waals surface area contributed by atoms with Crippen LogP contribution in [0.3, 0.4) is 0 Å². The number of nitrogens with zero attached hydrogens (tertiary/aromatic N) is 5. The van der Waals surface area contributed by atoms with Crippen molar-refractivity contribution in [3.05, 3.63) is 49.1 Å². The molecule has 3 aromatic rings. The molecule has 0 bridgehead atoms. The molecule has 3 heterocycles. The average Bonchev–Trinajstić information content (AvgIpc) is 3.25. The lowest BCUT2D eigenvalue weighted by Gasteiger charge is -2.13. The third-order valence-corrected chi connectivity index (χ3v) is 3.41. The average molecular weight is 326 g/mol. The van der Waals surface area contributed by atoms with Gasteiger partial charge in [0.1, 0.15) is 0 Å². The molecule has 0 aliphatic heterocycles. The number of nitrogens with one attached hydrogen (secondary N) is 1. The summed E-state index contributed by atoms with van der Waals surface area (Å²) in [5.41, 5.74) is 0.783. The Balaban J connectivity index is 1.47. The number of hydrogen-bond acceptors (Lipinski definition) is 6. The summed E-state index contributed by atoms with van der Waals surface area (Å²) in [5.74, 6) is 0.863. The van der Waals surface area contributed by atoms with Crippen molar-refractivity contribution in [2.45, 2.75) is 32.4 Å². The summed E-state index contributed by atoms with van der Waals surface area (Å²) in [4.78, 5) is 24.3. The molecular weight excluding hydrogens is 308 g/mol. The van der Waals surface area contributed by atoms with E-state index in [1.165, 1.54) is 0 Å². The van der Waals surface area contributed by atoms with Crippen LogP contribution in [0.2, 0.25) is 0 Å². The van der Waals surface area contributed by atoms with Crippen LogP contribution in [-0.2, 0) is 17.8 Å². The molecule has 3 aromatic heterocycles. The molecule has 0 fully saturated rings. The van der Waals surface area contributed by atoms with Gasteiger partial charge in [-0.05, 0) is 19.1 Å². The summed E-state index contributed by atoms with van der Waals surface area (Å²) in [7, 11) is 0. The molecule has 0 aliphatic rings. The quantitative estimate of drug-likeness (QED) is 0.706. The van der Waals surface area contributed by atoms with Crippen LogP contribution in [0.1, 0.15) is 19.2 Å². The molecule has 8 nitrogen and oxygen atoms in total. The first-order chi connectivity index (χ1) is 11.7. The van der Waals surface area contributed by atoms with Crippen molar-refractivity contribution in [3.63, 3.8) is 0 Å². The lowest BCUT2D eigenvalue weighted by molar-refractivity contribution is -0.121. The first-order valence-electron chi connectivity index (χ1n) is 7.69. The Morgan fingerprint density at radius 1 is 1.38 bits per heavy atom. The molecule has 1 amide bonds. The van der Waals surface area contributed by atoms with Crippen LogP contribution in [0.25, 0.3) is 11.4 Å². The number of aryl methyl sites for hydroxylation is 1. The van der Waals surface area contributed by atoms with Crippen molar-refractivity contribution < 1.29 is 9.32 Å². The highest BCUT2D eigenvalue weighted by Crippen LogP contribution is 2.14. The first-order valence-corrected chi connectivity index (χ1v) is 7.69. The maximum absolute atomic E-state index is 12.0. The number of rotatable bonds is 7. The monoisotopic (exact) mass is 326 g/mol. The number of amides is 1. The molecule has 0 spiro atoms. The van der Waals surface area contributed by atoms with Gasteiger partial charge in [0, 0.05) is 55.8 Å². The molecular formula is C16H18N6O2. The topological polar surface area (TPSA) is 98.7 Å². The van der Waals surface area contributed by atoms with E-state index in [1.807, 2.05) is 23.8 Å². The van der Waals surface area contributed by atoms with E-state index < -0.39 is 0 Å². The number of aromatic nitrogens is 5. The summed E-state index contributed by atoms with van der Waals surface area (Å²) in [6, 6.07) is 3.67. The van der Waals surface area contributed by atoms with Crippen molar-refractivity contribution in [3.8, 4) is 11.4 Å². The largest absolute Gasteiger partial charge is 0.352 e. The summed E-state index contributed by atoms with van der Waals surface area (Å²) >= 11 is 0. The fraction of sp³-hybridized carbons (Fsp3) is 0.312. The third-order valence-electron chi connectivity index (χ3n) is 3.41. The maximum atomic E-state index is 12.0. The van der Waals surface area contributed by atoms with Gasteiger partial charge in [0.2, 0.25) is 17.6 Å². The number of imidazole rings is 1. The van der Waals surface area contributed by atoms with Crippen LogP contribution < -0.4 is 5.32 Å². The van der Waals surface area contributed by atoms with Crippen LogP contribution in [0, 0.1) is 0 Å². The normalized spacial score (nSPS) is 12.0. The smallest absolute Gasteiger partial charge is 0.227 e. The molecule has 124 valence electrons. The van der Waals surface area contributed by atoms with E-state index >= 15 is 0 Å². The maximum Gasteiger partial charge on any atom is 0.227 e. The first kappa shape index (κ1) is 15.9. The van der Waals surface area contributed by atoms with Gasteiger partial charge in [-0.15, -0.1) is 0 Å². The minimum absolute atomic E-state index is 0.0142. The fourth-order valence-electron chi connectivity index (χ4n) is 2.29. The number of pyridine rings is 1. The second-order valence-electron chi connectivity index (χ2n) is 5.48. The van der Waals surface area contributed by atoms with E-state index in [-0.39, 0.29) is 11.9 Å². The van der Waals surface area contributed by atoms with E-state index in [1.54, 1.807) is 31.0 Å². The van der Waals surface area contributed by atoms with E-state index in [9.17, 15) is 4.79 Å². The molecule has 0 saturated heterocycles. The van der Waals surface area contributed by atoms with Crippen molar-refractivity contribution in [1.82, 2.24) is 30.0 Å². The standard InChI is InChI=1S/C16H18N6O2/c1-12(10-22-8-7-18-11-22)19-14(23)4-5-15-20-16(21-24-15)13-3-2-6-17-9-13/h2-3,6-9,11-12H,4-5,10H2,1H3,(H,19,23). The van der Waals surface area contributed by atoms with Gasteiger partial charge >= 0.3 is 0 Å². The Bertz CT molecular complexity index is 769. The number of carbonyl (C=O) groups excluding carboxylic acids is 1. The van der Waals surface area contributed by atoms with Gasteiger partial charge in [-0.3, -0.25) is 9.78 Å². The Morgan fingerprint density at radius 3 is 3.04 bits per heavy atom. The minimum Gasteiger partial charge on any atom is -0.352 e. The second-order valence-corrected chi connectivity index (χ2v) is 5.48. The predicted molar refractivity (Wildman–Crippen MR) is 85.7 cm³/mol. The highest BCUT2D eigenvalue weighted by molar-refractivity contribution is 5.76. The minimum atomic E-state index is -0.0521. The Morgan fingerprint density at radius 2 is 2.29 bits per heavy atom. The van der Waals surface area contributed by atoms with Crippen LogP contribution in [-0.4, -0.2) is 36.6 Å². The van der Waals surface area contributed by atoms with E-state index in [0.717, 1.165) is 5.56 Å². The lowest BCUT2D eigenvalue weighted by Crippen LogP contribution is -2.35. The molecule has 0 aliphatic carbocycles. The van der Waals surface area contributed by atoms with Gasteiger partial charge in [0.25, 0.3) is 0 Å². The Kier molecular flexibility index (Phi) is 4.95. The molecule has 3 rings (SSSR count). The van der Waals surface area contributed by atoms with E-state index in [4.69, 9.17) is 4.52 Å². The highest BCUT2D eigenvalue weighted by Gasteiger charge is 2.12. The molecule has 1 atom stereocenters. The zero-order chi connectivity index (χ0) is 16.8. The Hall–Kier alpha value is -3.03. The van der Waals surface area contributed by atoms with Gasteiger partial charge in [0.15, 0.2) is 0 Å². The van der Waals surface area contributed by atoms with E-state index in [0.29, 0.717) is 31.1 Å². The van der Waals surface area contributed by atoms with Crippen molar-refractivity contribution in [2.75, 3.05) is 0 Å². The predicted octanol–water partition coefficient (Wildman–Crippen LogP) is 1.47. The van der Waals surface area contributed by atoms with Gasteiger partial charge in [0.05, 0.1) is 6.33 Å². The molecule has 0 radical (unpaired) electrons. The molecule has 24 heavy (non-hydrogen) atoms. The fourth-order valence-corrected chi connectivity index (χ4v) is 2.29. The lowest BCUT2D eigenvalue weighted by atomic mass is 10.2. The zero-order valence-electron chi connectivity index (χ0n) is 13.3. The molecule has 0 saturated carbocycles. The molecule has 1 N–H and O–H groups in total. The van der Waals surface area contributed by atoms with Gasteiger partial charge in [-0.1, -0.05) is 5.16 Å². The highest BCUT2D eigenvalue weighted by atomic mass is 16.5. The van der Waals surface area contributed by atoms with Crippen molar-refractivity contribution in [2.24, 2.45) is 0 Å². The molecule has 8 heteroatoms. The van der Waals surface area contributed by atoms with Gasteiger partial charge in [-0.25, -0.2) is 4.98 Å². The van der Waals surface area contributed by atoms with Crippen molar-refractivity contribution in [1.29, 1.82) is 0 Å². The molecule has 0 aromatic carbocycles. The SMILES string of the molecule is CC(Cn1ccnc1)NC(=O)CCc1nc(-c2cccnc2)no1. The van der Waals surface area contributed by atoms with Crippen LogP contribution in [0.5, 0.6) is 0 Å². The summed E-state index contributed by atoms with van der Waals surface area (Å²) < 4.78 is 7.10. The van der Waals surface area contributed by atoms with E-state index in [2.05, 4.69) is 25.4 Å². The van der Waals surface area contributed by atoms with Gasteiger partial charge < -0.3 is 14.4 Å². The number of hydrogen-bond donors (Lipinski definition) is 1. The van der Waals surface area contributed by atoms with Crippen LogP contribution >= 0.6 is 0 Å². The summed E-state index contributed by atoms with van der Waals surface area (Å²) in [5, 5.41) is 6.85. The molecule has 1 unspecified atom stereocenters. The third kappa shape index (κ3) is 4.25. The summed E-state index contributed by atoms with van der Waals surface area (Å²) in [6.45, 7) is 2.63. The summed E-state index contributed by atoms with van der Waals surface area (Å²) in [6.07, 6.45) is 9.34. The zero-order valence-corrected chi connectivity index (χ0v) is 13.3. The van der Waals surface area contributed by atoms with Crippen LogP contribution in [0.15, 0.2) is 47.8 Å². The Labute approximate surface area is 138 Å². The number of carbonyl (C=O) groups is 1. The van der Waals surface area contributed by atoms with Crippen molar-refractivity contribution >= 4 is 5.91 Å². The second kappa shape index (κ2) is 7.49. The van der Waals surface area contributed by atoms with Crippen LogP contribution in [0.4, 0.5) is 0 Å².